The van der Waals surface area contributed by atoms with Gasteiger partial charge in [-0.25, -0.2) is 9.37 Å². The number of carbonyl (C=O) groups excluding carboxylic acids is 1. The van der Waals surface area contributed by atoms with Crippen LogP contribution in [0.4, 0.5) is 4.39 Å². The van der Waals surface area contributed by atoms with Crippen molar-refractivity contribution in [2.24, 2.45) is 5.92 Å². The van der Waals surface area contributed by atoms with Crippen molar-refractivity contribution in [3.05, 3.63) is 53.5 Å². The average Bonchev–Trinajstić information content (AvgIpc) is 3.19. The highest BCUT2D eigenvalue weighted by Crippen LogP contribution is 2.29. The molecule has 1 fully saturated rings. The molecule has 1 aliphatic carbocycles. The van der Waals surface area contributed by atoms with Crippen molar-refractivity contribution in [1.82, 2.24) is 10.3 Å². The van der Waals surface area contributed by atoms with Crippen LogP contribution in [0.3, 0.4) is 0 Å². The molecular weight excluding hydrogens is 295 g/mol. The summed E-state index contributed by atoms with van der Waals surface area (Å²) in [6.45, 7) is 1.93. The Kier molecular flexibility index (Phi) is 4.74. The average molecular weight is 316 g/mol. The van der Waals surface area contributed by atoms with Gasteiger partial charge in [0.1, 0.15) is 11.6 Å². The van der Waals surface area contributed by atoms with Crippen molar-refractivity contribution >= 4 is 5.91 Å². The van der Waals surface area contributed by atoms with Crippen LogP contribution in [-0.4, -0.2) is 16.9 Å². The fourth-order valence-corrected chi connectivity index (χ4v) is 3.34. The molecule has 2 atom stereocenters. The lowest BCUT2D eigenvalue weighted by atomic mass is 9.94. The number of aromatic nitrogens is 1. The van der Waals surface area contributed by atoms with Gasteiger partial charge in [-0.05, 0) is 42.9 Å². The van der Waals surface area contributed by atoms with Crippen LogP contribution in [0.5, 0.6) is 0 Å². The van der Waals surface area contributed by atoms with Crippen LogP contribution in [-0.2, 0) is 12.8 Å². The molecule has 0 radical (unpaired) electrons. The topological polar surface area (TPSA) is 55.1 Å². The summed E-state index contributed by atoms with van der Waals surface area (Å²) in [4.78, 5) is 16.4. The summed E-state index contributed by atoms with van der Waals surface area (Å²) in [7, 11) is 0. The third-order valence-electron chi connectivity index (χ3n) is 4.56. The Bertz CT molecular complexity index is 666. The molecule has 1 amide bonds. The molecule has 1 aromatic heterocycles. The molecule has 1 aliphatic rings. The minimum absolute atomic E-state index is 0.133. The first kappa shape index (κ1) is 15.7. The number of nitrogens with zero attached hydrogens (tertiary/aromatic N) is 1. The Morgan fingerprint density at radius 3 is 2.87 bits per heavy atom. The summed E-state index contributed by atoms with van der Waals surface area (Å²) in [5.41, 5.74) is 1.49. The summed E-state index contributed by atoms with van der Waals surface area (Å²) in [5, 5.41) is 3.10. The highest BCUT2D eigenvalue weighted by molar-refractivity contribution is 5.93. The largest absolute Gasteiger partial charge is 0.448 e. The van der Waals surface area contributed by atoms with E-state index in [9.17, 15) is 9.18 Å². The monoisotopic (exact) mass is 316 g/mol. The molecule has 3 rings (SSSR count). The van der Waals surface area contributed by atoms with Crippen molar-refractivity contribution in [2.45, 2.75) is 45.1 Å². The molecule has 0 spiro atoms. The lowest BCUT2D eigenvalue weighted by molar-refractivity contribution is 0.0921. The fraction of sp³-hybridized carbons (Fsp3) is 0.444. The number of hydrogen-bond donors (Lipinski definition) is 1. The van der Waals surface area contributed by atoms with Gasteiger partial charge < -0.3 is 9.73 Å². The number of aryl methyl sites for hydroxylation is 1. The van der Waals surface area contributed by atoms with Gasteiger partial charge in [-0.2, -0.15) is 0 Å². The Morgan fingerprint density at radius 2 is 2.13 bits per heavy atom. The molecular formula is C18H21FN2O2. The molecule has 1 saturated carbocycles. The first-order valence-electron chi connectivity index (χ1n) is 8.15. The van der Waals surface area contributed by atoms with E-state index in [2.05, 4.69) is 10.3 Å². The van der Waals surface area contributed by atoms with Gasteiger partial charge in [-0.15, -0.1) is 0 Å². The number of carbonyl (C=O) groups is 1. The second kappa shape index (κ2) is 6.94. The maximum Gasteiger partial charge on any atom is 0.273 e. The van der Waals surface area contributed by atoms with E-state index in [1.807, 2.05) is 19.1 Å². The van der Waals surface area contributed by atoms with Gasteiger partial charge in [0.25, 0.3) is 5.91 Å². The second-order valence-corrected chi connectivity index (χ2v) is 6.08. The van der Waals surface area contributed by atoms with Crippen LogP contribution in [0.1, 0.15) is 48.0 Å². The Hall–Kier alpha value is -2.17. The molecule has 23 heavy (non-hydrogen) atoms. The number of rotatable bonds is 5. The molecule has 122 valence electrons. The van der Waals surface area contributed by atoms with E-state index in [4.69, 9.17) is 4.42 Å². The first-order valence-corrected chi connectivity index (χ1v) is 8.15. The zero-order valence-corrected chi connectivity index (χ0v) is 13.2. The van der Waals surface area contributed by atoms with E-state index in [0.717, 1.165) is 31.2 Å². The number of amides is 1. The number of benzene rings is 1. The van der Waals surface area contributed by atoms with Gasteiger partial charge in [0.2, 0.25) is 0 Å². The molecule has 0 bridgehead atoms. The van der Waals surface area contributed by atoms with Crippen molar-refractivity contribution in [1.29, 1.82) is 0 Å². The first-order chi connectivity index (χ1) is 11.2. The third-order valence-corrected chi connectivity index (χ3v) is 4.56. The van der Waals surface area contributed by atoms with Gasteiger partial charge >= 0.3 is 0 Å². The molecule has 2 aromatic rings. The number of halogens is 1. The normalized spacial score (nSPS) is 20.6. The zero-order chi connectivity index (χ0) is 16.2. The van der Waals surface area contributed by atoms with Crippen molar-refractivity contribution in [3.63, 3.8) is 0 Å². The van der Waals surface area contributed by atoms with E-state index in [-0.39, 0.29) is 17.8 Å². The van der Waals surface area contributed by atoms with Crippen LogP contribution in [0.15, 0.2) is 35.1 Å². The zero-order valence-electron chi connectivity index (χ0n) is 13.2. The molecule has 1 aromatic carbocycles. The maximum absolute atomic E-state index is 13.0. The minimum Gasteiger partial charge on any atom is -0.448 e. The molecule has 2 unspecified atom stereocenters. The van der Waals surface area contributed by atoms with Gasteiger partial charge in [-0.1, -0.05) is 25.5 Å². The second-order valence-electron chi connectivity index (χ2n) is 6.08. The summed E-state index contributed by atoms with van der Waals surface area (Å²) in [6.07, 6.45) is 5.95. The summed E-state index contributed by atoms with van der Waals surface area (Å²) < 4.78 is 18.2. The molecule has 0 aliphatic heterocycles. The van der Waals surface area contributed by atoms with E-state index in [1.165, 1.54) is 18.5 Å². The van der Waals surface area contributed by atoms with Crippen molar-refractivity contribution < 1.29 is 13.6 Å². The Morgan fingerprint density at radius 1 is 1.35 bits per heavy atom. The summed E-state index contributed by atoms with van der Waals surface area (Å²) in [5.74, 6) is 0.617. The van der Waals surface area contributed by atoms with E-state index < -0.39 is 0 Å². The molecule has 0 saturated heterocycles. The highest BCUT2D eigenvalue weighted by Gasteiger charge is 2.30. The van der Waals surface area contributed by atoms with Crippen LogP contribution < -0.4 is 5.32 Å². The summed E-state index contributed by atoms with van der Waals surface area (Å²) in [6, 6.07) is 6.74. The standard InChI is InChI=1S/C18H21FN2O2/c1-2-16-17(20-11-23-16)18(22)21-15-5-3-4-13(15)10-12-6-8-14(19)9-7-12/h6-9,11,13,15H,2-5,10H2,1H3,(H,21,22). The van der Waals surface area contributed by atoms with Crippen molar-refractivity contribution in [3.8, 4) is 0 Å². The van der Waals surface area contributed by atoms with Crippen LogP contribution in [0.2, 0.25) is 0 Å². The van der Waals surface area contributed by atoms with E-state index >= 15 is 0 Å². The van der Waals surface area contributed by atoms with E-state index in [1.54, 1.807) is 0 Å². The number of nitrogens with one attached hydrogen (secondary N) is 1. The van der Waals surface area contributed by atoms with Gasteiger partial charge in [0.15, 0.2) is 12.1 Å². The fourth-order valence-electron chi connectivity index (χ4n) is 3.34. The van der Waals surface area contributed by atoms with E-state index in [0.29, 0.717) is 23.8 Å². The highest BCUT2D eigenvalue weighted by atomic mass is 19.1. The summed E-state index contributed by atoms with van der Waals surface area (Å²) >= 11 is 0. The molecule has 5 heteroatoms. The van der Waals surface area contributed by atoms with Crippen molar-refractivity contribution in [2.75, 3.05) is 0 Å². The lowest BCUT2D eigenvalue weighted by Gasteiger charge is -2.21. The van der Waals surface area contributed by atoms with Crippen LogP contribution in [0, 0.1) is 11.7 Å². The molecule has 1 heterocycles. The number of hydrogen-bond acceptors (Lipinski definition) is 3. The minimum atomic E-state index is -0.219. The lowest BCUT2D eigenvalue weighted by Crippen LogP contribution is -2.38. The third kappa shape index (κ3) is 3.60. The Balaban J connectivity index is 1.65. The van der Waals surface area contributed by atoms with Crippen LogP contribution >= 0.6 is 0 Å². The van der Waals surface area contributed by atoms with Gasteiger partial charge in [0, 0.05) is 12.5 Å². The molecule has 1 N–H and O–H groups in total. The Labute approximate surface area is 135 Å². The quantitative estimate of drug-likeness (QED) is 0.918. The van der Waals surface area contributed by atoms with Gasteiger partial charge in [-0.3, -0.25) is 4.79 Å². The predicted octanol–water partition coefficient (Wildman–Crippen LogP) is 3.52. The van der Waals surface area contributed by atoms with Gasteiger partial charge in [0.05, 0.1) is 0 Å². The number of oxazole rings is 1. The molecule has 4 nitrogen and oxygen atoms in total. The SMILES string of the molecule is CCc1ocnc1C(=O)NC1CCCC1Cc1ccc(F)cc1. The smallest absolute Gasteiger partial charge is 0.273 e. The predicted molar refractivity (Wildman–Crippen MR) is 84.6 cm³/mol. The maximum atomic E-state index is 13.0. The van der Waals surface area contributed by atoms with Crippen LogP contribution in [0.25, 0.3) is 0 Å².